The van der Waals surface area contributed by atoms with Gasteiger partial charge in [-0.05, 0) is 216 Å². The van der Waals surface area contributed by atoms with Gasteiger partial charge in [-0.3, -0.25) is 62.8 Å². The molecule has 0 spiro atoms. The van der Waals surface area contributed by atoms with Gasteiger partial charge >= 0.3 is 0 Å². The summed E-state index contributed by atoms with van der Waals surface area (Å²) in [6.45, 7) is 24.2. The first-order valence-corrected chi connectivity index (χ1v) is 28.2. The molecule has 8 amide bonds. The standard InChI is InChI=1S/C19H12N2O5.C19H24.C18H12N2O6S.C11H16/c1-20-16(23)11-5-3-9(7-13(11)18(20)25)15(22)10-4-6-12-14(8-10)19(26)21(2)17(12)24;1-12-7-18(8-13(2)16(12)5)11-19-9-14(3)17(6)15(4)10-19;1-19-15(21)11-5-3-9(7-13(11)17(19)23)27(25,26)10-4-6-12-14(8-10)18(24)20(2)16(12)22;1-7-6-8(2)10(4)11(5)9(7)3/h3-8H,1-2H3;7-10H,11H2,1-6H3;3-8H,1-2H3;6H,1-5H3. The SMILES string of the molecule is CN1C(=O)c2ccc(C(=O)c3ccc4c(c3)C(=O)N(C)C4=O)cc2C1=O.CN1C(=O)c2ccc(S(=O)(=O)c3ccc4c(c3)C(=O)N(C)C4=O)cc2C1=O.Cc1cc(C)c(C)c(C)c1C.Cc1cc(Cc2cc(C)c(C)c(C)c2)cc(C)c1C. The summed E-state index contributed by atoms with van der Waals surface area (Å²) in [7, 11) is 1.33. The van der Waals surface area contributed by atoms with Crippen LogP contribution in [0.4, 0.5) is 0 Å². The van der Waals surface area contributed by atoms with E-state index in [1.165, 1.54) is 161 Å². The van der Waals surface area contributed by atoms with Gasteiger partial charge in [-0.1, -0.05) is 42.5 Å². The Kier molecular flexibility index (Phi) is 16.3. The van der Waals surface area contributed by atoms with Crippen LogP contribution in [0.25, 0.3) is 0 Å². The topological polar surface area (TPSA) is 201 Å². The molecular weight excluding hydrogens is 1070 g/mol. The van der Waals surface area contributed by atoms with E-state index in [4.69, 9.17) is 0 Å². The number of fused-ring (bicyclic) bond motifs is 4. The molecule has 0 radical (unpaired) electrons. The van der Waals surface area contributed by atoms with E-state index in [2.05, 4.69) is 106 Å². The maximum absolute atomic E-state index is 13.0. The third kappa shape index (κ3) is 10.9. The third-order valence-corrected chi connectivity index (χ3v) is 18.3. The van der Waals surface area contributed by atoms with Crippen molar-refractivity contribution in [1.29, 1.82) is 0 Å². The third-order valence-electron chi connectivity index (χ3n) is 16.6. The molecule has 424 valence electrons. The molecule has 0 unspecified atom stereocenters. The highest BCUT2D eigenvalue weighted by Crippen LogP contribution is 2.32. The predicted octanol–water partition coefficient (Wildman–Crippen LogP) is 10.7. The van der Waals surface area contributed by atoms with E-state index in [1.807, 2.05) is 0 Å². The van der Waals surface area contributed by atoms with Crippen molar-refractivity contribution in [3.8, 4) is 0 Å². The van der Waals surface area contributed by atoms with Crippen molar-refractivity contribution in [1.82, 2.24) is 19.6 Å². The smallest absolute Gasteiger partial charge is 0.261 e. The molecule has 11 rings (SSSR count). The summed E-state index contributed by atoms with van der Waals surface area (Å²) in [5.74, 6) is -4.30. The van der Waals surface area contributed by atoms with Crippen LogP contribution in [0.15, 0.2) is 113 Å². The molecule has 7 aromatic carbocycles. The van der Waals surface area contributed by atoms with Crippen LogP contribution in [0.2, 0.25) is 0 Å². The van der Waals surface area contributed by atoms with Gasteiger partial charge in [0.25, 0.3) is 47.3 Å². The first kappa shape index (κ1) is 59.8. The molecule has 0 aliphatic carbocycles. The second-order valence-corrected chi connectivity index (χ2v) is 23.7. The minimum Gasteiger partial charge on any atom is -0.289 e. The van der Waals surface area contributed by atoms with Crippen molar-refractivity contribution in [3.05, 3.63) is 231 Å². The lowest BCUT2D eigenvalue weighted by Gasteiger charge is -2.12. The van der Waals surface area contributed by atoms with Gasteiger partial charge in [0.1, 0.15) is 0 Å². The molecule has 0 saturated carbocycles. The molecule has 0 saturated heterocycles. The van der Waals surface area contributed by atoms with Gasteiger partial charge in [0.05, 0.1) is 54.3 Å². The Bertz CT molecular complexity index is 3890. The van der Waals surface area contributed by atoms with E-state index in [1.54, 1.807) is 0 Å². The number of sulfone groups is 1. The summed E-state index contributed by atoms with van der Waals surface area (Å²) >= 11 is 0. The van der Waals surface area contributed by atoms with Gasteiger partial charge in [0.2, 0.25) is 9.84 Å². The largest absolute Gasteiger partial charge is 0.289 e. The summed E-state index contributed by atoms with van der Waals surface area (Å²) in [5, 5.41) is 0. The first-order valence-electron chi connectivity index (χ1n) is 26.7. The highest BCUT2D eigenvalue weighted by molar-refractivity contribution is 7.91. The molecule has 0 atom stereocenters. The number of amides is 8. The Hall–Kier alpha value is -9.28. The second-order valence-electron chi connectivity index (χ2n) is 21.7. The minimum absolute atomic E-state index is 0.00993. The Morgan fingerprint density at radius 2 is 0.566 bits per heavy atom. The number of nitrogens with zero attached hydrogens (tertiary/aromatic N) is 4. The molecule has 0 aromatic heterocycles. The van der Waals surface area contributed by atoms with Crippen LogP contribution in [0.5, 0.6) is 0 Å². The van der Waals surface area contributed by atoms with Crippen LogP contribution >= 0.6 is 0 Å². The highest BCUT2D eigenvalue weighted by atomic mass is 32.2. The van der Waals surface area contributed by atoms with Gasteiger partial charge < -0.3 is 0 Å². The van der Waals surface area contributed by atoms with Crippen molar-refractivity contribution in [2.24, 2.45) is 0 Å². The Balaban J connectivity index is 0.000000151. The quantitative estimate of drug-likeness (QED) is 0.113. The van der Waals surface area contributed by atoms with Gasteiger partial charge in [-0.2, -0.15) is 0 Å². The van der Waals surface area contributed by atoms with Crippen LogP contribution in [-0.4, -0.2) is 109 Å². The van der Waals surface area contributed by atoms with Crippen LogP contribution in [0.3, 0.4) is 0 Å². The zero-order chi connectivity index (χ0) is 61.2. The molecule has 0 bridgehead atoms. The Morgan fingerprint density at radius 3 is 0.867 bits per heavy atom. The Labute approximate surface area is 483 Å². The van der Waals surface area contributed by atoms with Crippen LogP contribution in [0.1, 0.15) is 171 Å². The zero-order valence-corrected chi connectivity index (χ0v) is 50.0. The van der Waals surface area contributed by atoms with Gasteiger partial charge in [-0.15, -0.1) is 0 Å². The molecule has 16 heteroatoms. The lowest BCUT2D eigenvalue weighted by atomic mass is 9.94. The molecule has 0 N–H and O–H groups in total. The first-order chi connectivity index (χ1) is 38.9. The summed E-state index contributed by atoms with van der Waals surface area (Å²) in [5.41, 5.74) is 20.0. The fraction of sp³-hybridized carbons (Fsp3) is 0.239. The average molecular weight is 1130 g/mol. The summed E-state index contributed by atoms with van der Waals surface area (Å²) < 4.78 is 25.9. The zero-order valence-electron chi connectivity index (χ0n) is 49.2. The summed E-state index contributed by atoms with van der Waals surface area (Å²) in [4.78, 5) is 112. The fourth-order valence-corrected chi connectivity index (χ4v) is 11.7. The number of aryl methyl sites for hydroxylation is 6. The van der Waals surface area contributed by atoms with Gasteiger partial charge in [0.15, 0.2) is 5.78 Å². The normalized spacial score (nSPS) is 14.0. The summed E-state index contributed by atoms with van der Waals surface area (Å²) in [6, 6.07) is 27.5. The van der Waals surface area contributed by atoms with Crippen LogP contribution in [0, 0.1) is 76.2 Å². The average Bonchev–Trinajstić information content (AvgIpc) is 4.23. The van der Waals surface area contributed by atoms with Crippen molar-refractivity contribution in [3.63, 3.8) is 0 Å². The van der Waals surface area contributed by atoms with Gasteiger partial charge in [-0.25, -0.2) is 8.42 Å². The molecule has 4 aliphatic rings. The second kappa shape index (κ2) is 22.6. The van der Waals surface area contributed by atoms with Crippen molar-refractivity contribution in [2.45, 2.75) is 92.4 Å². The number of benzene rings is 7. The van der Waals surface area contributed by atoms with E-state index in [0.29, 0.717) is 0 Å². The summed E-state index contributed by atoms with van der Waals surface area (Å²) in [6.07, 6.45) is 1.03. The van der Waals surface area contributed by atoms with Crippen LogP contribution < -0.4 is 0 Å². The minimum atomic E-state index is -4.06. The molecular formula is C67H64N4O11S. The number of hydrogen-bond acceptors (Lipinski definition) is 11. The molecule has 7 aromatic rings. The van der Waals surface area contributed by atoms with E-state index in [-0.39, 0.29) is 65.4 Å². The highest BCUT2D eigenvalue weighted by Gasteiger charge is 2.38. The maximum atomic E-state index is 13.0. The van der Waals surface area contributed by atoms with E-state index in [9.17, 15) is 51.6 Å². The van der Waals surface area contributed by atoms with Crippen molar-refractivity contribution >= 4 is 62.9 Å². The molecule has 0 fully saturated rings. The van der Waals surface area contributed by atoms with Gasteiger partial charge in [0, 0.05) is 39.3 Å². The monoisotopic (exact) mass is 1130 g/mol. The van der Waals surface area contributed by atoms with E-state index < -0.39 is 62.9 Å². The molecule has 83 heavy (non-hydrogen) atoms. The molecule has 4 aliphatic heterocycles. The maximum Gasteiger partial charge on any atom is 0.261 e. The lowest BCUT2D eigenvalue weighted by molar-refractivity contribution is 0.0677. The predicted molar refractivity (Wildman–Crippen MR) is 315 cm³/mol. The number of carbonyl (C=O) groups is 9. The van der Waals surface area contributed by atoms with Crippen molar-refractivity contribution in [2.75, 3.05) is 28.2 Å². The Morgan fingerprint density at radius 1 is 0.313 bits per heavy atom. The number of hydrogen-bond donors (Lipinski definition) is 0. The molecule has 4 heterocycles. The fourth-order valence-electron chi connectivity index (χ4n) is 10.4. The lowest BCUT2D eigenvalue weighted by Crippen LogP contribution is -2.24. The number of imide groups is 4. The number of carbonyl (C=O) groups excluding carboxylic acids is 9. The van der Waals surface area contributed by atoms with Crippen molar-refractivity contribution < 1.29 is 51.6 Å². The molecule has 15 nitrogen and oxygen atoms in total. The number of rotatable bonds is 6. The number of ketones is 1. The van der Waals surface area contributed by atoms with E-state index in [0.717, 1.165) is 38.2 Å². The van der Waals surface area contributed by atoms with E-state index >= 15 is 0 Å². The van der Waals surface area contributed by atoms with Crippen LogP contribution in [-0.2, 0) is 16.3 Å².